The SMILES string of the molecule is Cn1nccc1[C@@H]1CCCCN1c1nc2ccccc2o1. The van der Waals surface area contributed by atoms with Crippen molar-refractivity contribution in [2.24, 2.45) is 7.05 Å². The Balaban J connectivity index is 1.75. The fourth-order valence-electron chi connectivity index (χ4n) is 3.16. The van der Waals surface area contributed by atoms with Gasteiger partial charge in [0.25, 0.3) is 6.01 Å². The van der Waals surface area contributed by atoms with Crippen LogP contribution < -0.4 is 4.90 Å². The Bertz CT molecular complexity index is 727. The Kier molecular flexibility index (Phi) is 2.91. The number of para-hydroxylation sites is 2. The predicted molar refractivity (Wildman–Crippen MR) is 81.2 cm³/mol. The van der Waals surface area contributed by atoms with Crippen molar-refractivity contribution in [3.05, 3.63) is 42.2 Å². The molecule has 1 fully saturated rings. The zero-order chi connectivity index (χ0) is 14.2. The molecule has 5 heteroatoms. The molecule has 0 bridgehead atoms. The molecule has 5 nitrogen and oxygen atoms in total. The van der Waals surface area contributed by atoms with E-state index in [4.69, 9.17) is 4.42 Å². The van der Waals surface area contributed by atoms with Crippen LogP contribution in [0, 0.1) is 0 Å². The van der Waals surface area contributed by atoms with Crippen LogP contribution in [0.1, 0.15) is 31.0 Å². The van der Waals surface area contributed by atoms with E-state index in [0.29, 0.717) is 6.04 Å². The number of hydrogen-bond acceptors (Lipinski definition) is 4. The maximum atomic E-state index is 5.96. The topological polar surface area (TPSA) is 47.1 Å². The molecule has 1 atom stereocenters. The lowest BCUT2D eigenvalue weighted by molar-refractivity contribution is 0.417. The quantitative estimate of drug-likeness (QED) is 0.723. The lowest BCUT2D eigenvalue weighted by atomic mass is 10.00. The zero-order valence-corrected chi connectivity index (χ0v) is 12.1. The molecule has 0 unspecified atom stereocenters. The third-order valence-electron chi connectivity index (χ3n) is 4.23. The monoisotopic (exact) mass is 282 g/mol. The standard InChI is InChI=1S/C16H18N4O/c1-19-13(9-10-17-19)14-7-4-5-11-20(14)16-18-12-6-2-3-8-15(12)21-16/h2-3,6,8-10,14H,4-5,7,11H2,1H3/t14-/m0/s1. The first kappa shape index (κ1) is 12.4. The minimum atomic E-state index is 0.291. The first-order valence-electron chi connectivity index (χ1n) is 7.43. The van der Waals surface area contributed by atoms with Gasteiger partial charge in [-0.3, -0.25) is 4.68 Å². The highest BCUT2D eigenvalue weighted by molar-refractivity contribution is 5.74. The van der Waals surface area contributed by atoms with Crippen LogP contribution in [0.4, 0.5) is 6.01 Å². The average molecular weight is 282 g/mol. The van der Waals surface area contributed by atoms with Crippen LogP contribution >= 0.6 is 0 Å². The highest BCUT2D eigenvalue weighted by Crippen LogP contribution is 2.35. The van der Waals surface area contributed by atoms with Gasteiger partial charge in [0.1, 0.15) is 5.52 Å². The van der Waals surface area contributed by atoms with E-state index in [1.54, 1.807) is 0 Å². The Morgan fingerprint density at radius 3 is 2.90 bits per heavy atom. The number of benzene rings is 1. The van der Waals surface area contributed by atoms with Crippen LogP contribution in [0.25, 0.3) is 11.1 Å². The summed E-state index contributed by atoms with van der Waals surface area (Å²) in [5.41, 5.74) is 2.99. The van der Waals surface area contributed by atoms with Crippen LogP contribution in [0.5, 0.6) is 0 Å². The molecule has 4 rings (SSSR count). The molecule has 21 heavy (non-hydrogen) atoms. The molecule has 0 saturated carbocycles. The van der Waals surface area contributed by atoms with Gasteiger partial charge in [-0.1, -0.05) is 12.1 Å². The maximum absolute atomic E-state index is 5.96. The number of aromatic nitrogens is 3. The van der Waals surface area contributed by atoms with Crippen molar-refractivity contribution in [2.45, 2.75) is 25.3 Å². The number of aryl methyl sites for hydroxylation is 1. The van der Waals surface area contributed by atoms with Crippen molar-refractivity contribution in [3.63, 3.8) is 0 Å². The third-order valence-corrected chi connectivity index (χ3v) is 4.23. The summed E-state index contributed by atoms with van der Waals surface area (Å²) in [6, 6.07) is 11.0. The van der Waals surface area contributed by atoms with Gasteiger partial charge in [0, 0.05) is 19.8 Å². The molecule has 1 aliphatic rings. The number of hydrogen-bond donors (Lipinski definition) is 0. The smallest absolute Gasteiger partial charge is 0.298 e. The van der Waals surface area contributed by atoms with Crippen molar-refractivity contribution >= 4 is 17.1 Å². The molecule has 3 aromatic rings. The Hall–Kier alpha value is -2.30. The highest BCUT2D eigenvalue weighted by Gasteiger charge is 2.29. The minimum absolute atomic E-state index is 0.291. The van der Waals surface area contributed by atoms with Crippen LogP contribution in [-0.2, 0) is 7.05 Å². The molecular formula is C16H18N4O. The van der Waals surface area contributed by atoms with Gasteiger partial charge in [0.15, 0.2) is 5.58 Å². The first-order chi connectivity index (χ1) is 10.3. The summed E-state index contributed by atoms with van der Waals surface area (Å²) in [6.45, 7) is 0.975. The van der Waals surface area contributed by atoms with Crippen LogP contribution in [0.2, 0.25) is 0 Å². The summed E-state index contributed by atoms with van der Waals surface area (Å²) in [5, 5.41) is 4.30. The van der Waals surface area contributed by atoms with Gasteiger partial charge in [0.05, 0.1) is 11.7 Å². The highest BCUT2D eigenvalue weighted by atomic mass is 16.4. The number of oxazole rings is 1. The molecule has 3 heterocycles. The molecule has 0 amide bonds. The van der Waals surface area contributed by atoms with Crippen LogP contribution in [-0.4, -0.2) is 21.3 Å². The largest absolute Gasteiger partial charge is 0.423 e. The summed E-state index contributed by atoms with van der Waals surface area (Å²) in [4.78, 5) is 6.93. The van der Waals surface area contributed by atoms with Crippen molar-refractivity contribution in [2.75, 3.05) is 11.4 Å². The number of fused-ring (bicyclic) bond motifs is 1. The van der Waals surface area contributed by atoms with E-state index in [0.717, 1.165) is 30.1 Å². The van der Waals surface area contributed by atoms with E-state index in [2.05, 4.69) is 21.0 Å². The van der Waals surface area contributed by atoms with E-state index in [9.17, 15) is 0 Å². The molecule has 2 aromatic heterocycles. The number of piperidine rings is 1. The predicted octanol–water partition coefficient (Wildman–Crippen LogP) is 3.29. The van der Waals surface area contributed by atoms with Crippen LogP contribution in [0.3, 0.4) is 0 Å². The van der Waals surface area contributed by atoms with E-state index in [1.807, 2.05) is 42.2 Å². The van der Waals surface area contributed by atoms with Crippen molar-refractivity contribution in [1.29, 1.82) is 0 Å². The summed E-state index contributed by atoms with van der Waals surface area (Å²) >= 11 is 0. The second-order valence-corrected chi connectivity index (χ2v) is 5.55. The molecule has 0 spiro atoms. The van der Waals surface area contributed by atoms with Crippen molar-refractivity contribution < 1.29 is 4.42 Å². The van der Waals surface area contributed by atoms with E-state index < -0.39 is 0 Å². The zero-order valence-electron chi connectivity index (χ0n) is 12.1. The Morgan fingerprint density at radius 1 is 1.19 bits per heavy atom. The van der Waals surface area contributed by atoms with Crippen molar-refractivity contribution in [1.82, 2.24) is 14.8 Å². The van der Waals surface area contributed by atoms with Gasteiger partial charge >= 0.3 is 0 Å². The normalized spacial score (nSPS) is 19.3. The van der Waals surface area contributed by atoms with Gasteiger partial charge < -0.3 is 9.32 Å². The molecule has 0 radical (unpaired) electrons. The molecule has 1 aromatic carbocycles. The van der Waals surface area contributed by atoms with Gasteiger partial charge in [-0.2, -0.15) is 10.1 Å². The number of rotatable bonds is 2. The second-order valence-electron chi connectivity index (χ2n) is 5.55. The molecule has 1 saturated heterocycles. The first-order valence-corrected chi connectivity index (χ1v) is 7.43. The fourth-order valence-corrected chi connectivity index (χ4v) is 3.16. The molecular weight excluding hydrogens is 264 g/mol. The minimum Gasteiger partial charge on any atom is -0.423 e. The fraction of sp³-hybridized carbons (Fsp3) is 0.375. The molecule has 0 N–H and O–H groups in total. The summed E-state index contributed by atoms with van der Waals surface area (Å²) in [5.74, 6) is 0. The summed E-state index contributed by atoms with van der Waals surface area (Å²) in [6.07, 6.45) is 5.37. The van der Waals surface area contributed by atoms with E-state index in [1.165, 1.54) is 18.5 Å². The summed E-state index contributed by atoms with van der Waals surface area (Å²) < 4.78 is 7.91. The lowest BCUT2D eigenvalue weighted by Crippen LogP contribution is -2.34. The Labute approximate surface area is 123 Å². The second kappa shape index (κ2) is 4.91. The van der Waals surface area contributed by atoms with Crippen molar-refractivity contribution in [3.8, 4) is 0 Å². The van der Waals surface area contributed by atoms with Gasteiger partial charge in [-0.25, -0.2) is 0 Å². The molecule has 108 valence electrons. The van der Waals surface area contributed by atoms with E-state index >= 15 is 0 Å². The number of anilines is 1. The molecule has 0 aliphatic carbocycles. The van der Waals surface area contributed by atoms with Gasteiger partial charge in [0.2, 0.25) is 0 Å². The third kappa shape index (κ3) is 2.09. The average Bonchev–Trinajstić information content (AvgIpc) is 3.13. The maximum Gasteiger partial charge on any atom is 0.298 e. The van der Waals surface area contributed by atoms with Gasteiger partial charge in [-0.05, 0) is 37.5 Å². The van der Waals surface area contributed by atoms with Gasteiger partial charge in [-0.15, -0.1) is 0 Å². The molecule has 1 aliphatic heterocycles. The van der Waals surface area contributed by atoms with E-state index in [-0.39, 0.29) is 0 Å². The number of nitrogens with zero attached hydrogens (tertiary/aromatic N) is 4. The van der Waals surface area contributed by atoms with Crippen LogP contribution in [0.15, 0.2) is 40.9 Å². The Morgan fingerprint density at radius 2 is 2.10 bits per heavy atom. The summed E-state index contributed by atoms with van der Waals surface area (Å²) in [7, 11) is 1.99. The lowest BCUT2D eigenvalue weighted by Gasteiger charge is -2.34.